The topological polar surface area (TPSA) is 75.3 Å². The van der Waals surface area contributed by atoms with Crippen molar-refractivity contribution >= 4 is 17.3 Å². The van der Waals surface area contributed by atoms with Crippen molar-refractivity contribution in [3.63, 3.8) is 0 Å². The molecule has 0 bridgehead atoms. The lowest BCUT2D eigenvalue weighted by molar-refractivity contribution is 0.102. The van der Waals surface area contributed by atoms with Gasteiger partial charge < -0.3 is 16.2 Å². The van der Waals surface area contributed by atoms with Gasteiger partial charge in [-0.1, -0.05) is 17.7 Å². The van der Waals surface area contributed by atoms with E-state index in [1.807, 2.05) is 19.1 Å². The number of phenols is 1. The number of rotatable bonds is 2. The maximum absolute atomic E-state index is 12.0. The van der Waals surface area contributed by atoms with Gasteiger partial charge in [-0.3, -0.25) is 4.79 Å². The van der Waals surface area contributed by atoms with Crippen LogP contribution in [0.3, 0.4) is 0 Å². The van der Waals surface area contributed by atoms with Gasteiger partial charge in [0.2, 0.25) is 0 Å². The number of carbonyl (C=O) groups excluding carboxylic acids is 1. The van der Waals surface area contributed by atoms with Crippen molar-refractivity contribution in [1.82, 2.24) is 0 Å². The van der Waals surface area contributed by atoms with Crippen molar-refractivity contribution in [1.29, 1.82) is 0 Å². The fourth-order valence-electron chi connectivity index (χ4n) is 1.64. The summed E-state index contributed by atoms with van der Waals surface area (Å²) >= 11 is 0. The molecule has 0 saturated heterocycles. The molecule has 1 amide bonds. The van der Waals surface area contributed by atoms with Gasteiger partial charge in [-0.05, 0) is 31.2 Å². The Balaban J connectivity index is 2.21. The van der Waals surface area contributed by atoms with Crippen LogP contribution in [0.2, 0.25) is 0 Å². The largest absolute Gasteiger partial charge is 0.508 e. The van der Waals surface area contributed by atoms with Crippen LogP contribution in [-0.4, -0.2) is 11.0 Å². The molecule has 0 unspecified atom stereocenters. The smallest absolute Gasteiger partial charge is 0.255 e. The minimum absolute atomic E-state index is 0.0704. The Morgan fingerprint density at radius 3 is 2.67 bits per heavy atom. The van der Waals surface area contributed by atoms with Gasteiger partial charge >= 0.3 is 0 Å². The molecule has 0 spiro atoms. The monoisotopic (exact) mass is 242 g/mol. The molecule has 0 aliphatic heterocycles. The van der Waals surface area contributed by atoms with Gasteiger partial charge in [0.25, 0.3) is 5.91 Å². The first-order valence-corrected chi connectivity index (χ1v) is 5.53. The molecule has 2 aromatic carbocycles. The molecule has 0 heterocycles. The molecular formula is C14H14N2O2. The van der Waals surface area contributed by atoms with Gasteiger partial charge in [0.05, 0.1) is 11.4 Å². The van der Waals surface area contributed by atoms with Crippen LogP contribution < -0.4 is 11.1 Å². The van der Waals surface area contributed by atoms with E-state index < -0.39 is 0 Å². The van der Waals surface area contributed by atoms with Crippen molar-refractivity contribution in [3.05, 3.63) is 53.6 Å². The molecule has 0 aromatic heterocycles. The summed E-state index contributed by atoms with van der Waals surface area (Å²) in [5.41, 5.74) is 8.10. The molecule has 2 rings (SSSR count). The normalized spacial score (nSPS) is 10.1. The Hall–Kier alpha value is -2.49. The van der Waals surface area contributed by atoms with Crippen molar-refractivity contribution in [3.8, 4) is 5.75 Å². The van der Waals surface area contributed by atoms with E-state index in [4.69, 9.17) is 5.73 Å². The average molecular weight is 242 g/mol. The molecule has 0 radical (unpaired) electrons. The molecule has 2 aromatic rings. The highest BCUT2D eigenvalue weighted by atomic mass is 16.3. The third kappa shape index (κ3) is 2.60. The van der Waals surface area contributed by atoms with E-state index in [-0.39, 0.29) is 11.7 Å². The van der Waals surface area contributed by atoms with E-state index in [1.165, 1.54) is 12.1 Å². The van der Waals surface area contributed by atoms with Gasteiger partial charge in [-0.25, -0.2) is 0 Å². The Bertz CT molecular complexity index is 594. The number of amides is 1. The number of nitrogen functional groups attached to an aromatic ring is 1. The molecule has 4 N–H and O–H groups in total. The standard InChI is InChI=1S/C14H14N2O2/c1-9-3-2-4-10(7-9)14(18)16-13-6-5-11(17)8-12(13)15/h2-8,17H,15H2,1H3,(H,16,18). The van der Waals surface area contributed by atoms with Crippen LogP contribution in [0.25, 0.3) is 0 Å². The second kappa shape index (κ2) is 4.79. The van der Waals surface area contributed by atoms with Gasteiger partial charge in [-0.2, -0.15) is 0 Å². The average Bonchev–Trinajstić information content (AvgIpc) is 2.32. The van der Waals surface area contributed by atoms with Crippen LogP contribution in [0, 0.1) is 6.92 Å². The van der Waals surface area contributed by atoms with Gasteiger partial charge in [0, 0.05) is 11.6 Å². The number of nitrogens with one attached hydrogen (secondary N) is 1. The number of phenolic OH excluding ortho intramolecular Hbond substituents is 1. The van der Waals surface area contributed by atoms with Crippen LogP contribution in [0.5, 0.6) is 5.75 Å². The first-order valence-electron chi connectivity index (χ1n) is 5.53. The summed E-state index contributed by atoms with van der Waals surface area (Å²) in [6.45, 7) is 1.92. The number of hydrogen-bond acceptors (Lipinski definition) is 3. The minimum atomic E-state index is -0.226. The molecule has 92 valence electrons. The number of aromatic hydroxyl groups is 1. The zero-order valence-corrected chi connectivity index (χ0v) is 9.97. The highest BCUT2D eigenvalue weighted by molar-refractivity contribution is 6.05. The summed E-state index contributed by atoms with van der Waals surface area (Å²) in [6, 6.07) is 11.7. The molecule has 0 aliphatic rings. The number of carbonyl (C=O) groups is 1. The number of aryl methyl sites for hydroxylation is 1. The number of anilines is 2. The van der Waals surface area contributed by atoms with Crippen LogP contribution in [0.15, 0.2) is 42.5 Å². The van der Waals surface area contributed by atoms with Crippen molar-refractivity contribution < 1.29 is 9.90 Å². The van der Waals surface area contributed by atoms with Crippen LogP contribution in [-0.2, 0) is 0 Å². The van der Waals surface area contributed by atoms with Crippen molar-refractivity contribution in [2.45, 2.75) is 6.92 Å². The molecule has 18 heavy (non-hydrogen) atoms. The SMILES string of the molecule is Cc1cccc(C(=O)Nc2ccc(O)cc2N)c1. The van der Waals surface area contributed by atoms with E-state index in [2.05, 4.69) is 5.32 Å². The first kappa shape index (κ1) is 12.0. The highest BCUT2D eigenvalue weighted by Crippen LogP contribution is 2.23. The van der Waals surface area contributed by atoms with E-state index in [0.29, 0.717) is 16.9 Å². The van der Waals surface area contributed by atoms with Gasteiger partial charge in [-0.15, -0.1) is 0 Å². The predicted octanol–water partition coefficient (Wildman–Crippen LogP) is 2.54. The molecule has 4 heteroatoms. The Morgan fingerprint density at radius 2 is 2.00 bits per heavy atom. The predicted molar refractivity (Wildman–Crippen MR) is 71.7 cm³/mol. The fraction of sp³-hybridized carbons (Fsp3) is 0.0714. The zero-order chi connectivity index (χ0) is 13.1. The Labute approximate surface area is 105 Å². The second-order valence-corrected chi connectivity index (χ2v) is 4.10. The van der Waals surface area contributed by atoms with Crippen molar-refractivity contribution in [2.75, 3.05) is 11.1 Å². The first-order chi connectivity index (χ1) is 8.56. The van der Waals surface area contributed by atoms with Crippen molar-refractivity contribution in [2.24, 2.45) is 0 Å². The maximum Gasteiger partial charge on any atom is 0.255 e. The summed E-state index contributed by atoms with van der Waals surface area (Å²) in [4.78, 5) is 12.0. The zero-order valence-electron chi connectivity index (χ0n) is 9.97. The number of nitrogens with two attached hydrogens (primary N) is 1. The molecule has 0 atom stereocenters. The molecule has 0 aliphatic carbocycles. The van der Waals surface area contributed by atoms with E-state index in [9.17, 15) is 9.90 Å². The van der Waals surface area contributed by atoms with E-state index in [1.54, 1.807) is 18.2 Å². The van der Waals surface area contributed by atoms with Gasteiger partial charge in [0.15, 0.2) is 0 Å². The fourth-order valence-corrected chi connectivity index (χ4v) is 1.64. The maximum atomic E-state index is 12.0. The Kier molecular flexibility index (Phi) is 3.19. The van der Waals surface area contributed by atoms with Gasteiger partial charge in [0.1, 0.15) is 5.75 Å². The number of benzene rings is 2. The summed E-state index contributed by atoms with van der Waals surface area (Å²) < 4.78 is 0. The number of hydrogen-bond donors (Lipinski definition) is 3. The quantitative estimate of drug-likeness (QED) is 0.559. The summed E-state index contributed by atoms with van der Waals surface area (Å²) in [7, 11) is 0. The summed E-state index contributed by atoms with van der Waals surface area (Å²) in [6.07, 6.45) is 0. The summed E-state index contributed by atoms with van der Waals surface area (Å²) in [5.74, 6) is -0.155. The lowest BCUT2D eigenvalue weighted by Gasteiger charge is -2.08. The minimum Gasteiger partial charge on any atom is -0.508 e. The van der Waals surface area contributed by atoms with E-state index in [0.717, 1.165) is 5.56 Å². The second-order valence-electron chi connectivity index (χ2n) is 4.10. The van der Waals surface area contributed by atoms with Crippen LogP contribution in [0.1, 0.15) is 15.9 Å². The molecule has 4 nitrogen and oxygen atoms in total. The molecule has 0 fully saturated rings. The molecular weight excluding hydrogens is 228 g/mol. The lowest BCUT2D eigenvalue weighted by atomic mass is 10.1. The highest BCUT2D eigenvalue weighted by Gasteiger charge is 2.08. The van der Waals surface area contributed by atoms with Crippen LogP contribution >= 0.6 is 0 Å². The molecule has 0 saturated carbocycles. The third-order valence-corrected chi connectivity index (χ3v) is 2.56. The van der Waals surface area contributed by atoms with Crippen LogP contribution in [0.4, 0.5) is 11.4 Å². The Morgan fingerprint density at radius 1 is 1.22 bits per heavy atom. The van der Waals surface area contributed by atoms with E-state index >= 15 is 0 Å². The third-order valence-electron chi connectivity index (χ3n) is 2.56. The summed E-state index contributed by atoms with van der Waals surface area (Å²) in [5, 5.41) is 11.9. The lowest BCUT2D eigenvalue weighted by Crippen LogP contribution is -2.13.